The van der Waals surface area contributed by atoms with Crippen molar-refractivity contribution in [1.82, 2.24) is 19.8 Å². The van der Waals surface area contributed by atoms with Crippen molar-refractivity contribution in [3.05, 3.63) is 28.2 Å². The normalized spacial score (nSPS) is 18.5. The second-order valence-corrected chi connectivity index (χ2v) is 9.84. The third-order valence-electron chi connectivity index (χ3n) is 6.27. The van der Waals surface area contributed by atoms with Crippen molar-refractivity contribution < 1.29 is 22.7 Å². The van der Waals surface area contributed by atoms with Crippen LogP contribution in [0.2, 0.25) is 0 Å². The number of carbonyl (C=O) groups is 1. The molecule has 2 N–H and O–H groups in total. The Labute approximate surface area is 206 Å². The van der Waals surface area contributed by atoms with Crippen molar-refractivity contribution in [1.29, 1.82) is 0 Å². The fraction of sp³-hybridized carbons (Fsp3) is 0.609. The highest BCUT2D eigenvalue weighted by atomic mass is 32.1. The molecule has 1 amide bonds. The van der Waals surface area contributed by atoms with Crippen LogP contribution in [-0.4, -0.2) is 78.7 Å². The van der Waals surface area contributed by atoms with E-state index in [9.17, 15) is 18.0 Å². The number of carbonyl (C=O) groups excluding carboxylic acids is 1. The van der Waals surface area contributed by atoms with Crippen molar-refractivity contribution in [2.75, 3.05) is 63.6 Å². The molecule has 8 nitrogen and oxygen atoms in total. The second-order valence-electron chi connectivity index (χ2n) is 8.95. The summed E-state index contributed by atoms with van der Waals surface area (Å²) in [5.74, 6) is 1.20. The number of likely N-dealkylation sites (tertiary alicyclic amines) is 1. The van der Waals surface area contributed by atoms with Crippen LogP contribution < -0.4 is 10.6 Å². The molecular weight excluding hydrogens is 481 g/mol. The first kappa shape index (κ1) is 25.6. The average Bonchev–Trinajstić information content (AvgIpc) is 3.18. The predicted molar refractivity (Wildman–Crippen MR) is 129 cm³/mol. The van der Waals surface area contributed by atoms with Gasteiger partial charge in [-0.2, -0.15) is 13.2 Å². The molecule has 4 heterocycles. The van der Waals surface area contributed by atoms with E-state index in [1.54, 1.807) is 16.2 Å². The first-order valence-electron chi connectivity index (χ1n) is 11.9. The highest BCUT2D eigenvalue weighted by Crippen LogP contribution is 2.36. The van der Waals surface area contributed by atoms with E-state index in [1.807, 2.05) is 5.38 Å². The van der Waals surface area contributed by atoms with Crippen LogP contribution in [0.4, 0.5) is 30.5 Å². The number of piperidine rings is 1. The van der Waals surface area contributed by atoms with Gasteiger partial charge in [0, 0.05) is 49.8 Å². The number of ether oxygens (including phenoxy) is 1. The Morgan fingerprint density at radius 1 is 1.23 bits per heavy atom. The van der Waals surface area contributed by atoms with E-state index in [-0.39, 0.29) is 24.7 Å². The number of nitrogens with one attached hydrogen (secondary N) is 2. The Morgan fingerprint density at radius 3 is 2.80 bits per heavy atom. The first-order chi connectivity index (χ1) is 16.8. The Kier molecular flexibility index (Phi) is 8.45. The number of hydrogen-bond acceptors (Lipinski definition) is 8. The third-order valence-corrected chi connectivity index (χ3v) is 7.28. The fourth-order valence-corrected chi connectivity index (χ4v) is 5.20. The van der Waals surface area contributed by atoms with Gasteiger partial charge < -0.3 is 25.2 Å². The Hall–Kier alpha value is -2.44. The molecule has 0 unspecified atom stereocenters. The summed E-state index contributed by atoms with van der Waals surface area (Å²) in [7, 11) is 2.11. The molecule has 2 saturated heterocycles. The van der Waals surface area contributed by atoms with Crippen LogP contribution >= 0.6 is 11.3 Å². The van der Waals surface area contributed by atoms with E-state index in [0.29, 0.717) is 43.7 Å². The van der Waals surface area contributed by atoms with Gasteiger partial charge in [0.2, 0.25) is 5.91 Å². The van der Waals surface area contributed by atoms with E-state index in [2.05, 4.69) is 32.5 Å². The highest BCUT2D eigenvalue weighted by molar-refractivity contribution is 7.10. The molecule has 2 aliphatic rings. The van der Waals surface area contributed by atoms with Gasteiger partial charge in [-0.1, -0.05) is 0 Å². The van der Waals surface area contributed by atoms with Crippen LogP contribution in [0, 0.1) is 0 Å². The smallest absolute Gasteiger partial charge is 0.384 e. The maximum atomic E-state index is 13.6. The number of alkyl halides is 3. The highest BCUT2D eigenvalue weighted by Gasteiger charge is 2.34. The lowest BCUT2D eigenvalue weighted by Gasteiger charge is -2.27. The van der Waals surface area contributed by atoms with Gasteiger partial charge in [-0.3, -0.25) is 4.79 Å². The largest absolute Gasteiger partial charge is 0.419 e. The number of pyridine rings is 1. The zero-order valence-electron chi connectivity index (χ0n) is 19.7. The van der Waals surface area contributed by atoms with Gasteiger partial charge in [0.05, 0.1) is 16.3 Å². The minimum Gasteiger partial charge on any atom is -0.384 e. The summed E-state index contributed by atoms with van der Waals surface area (Å²) in [6, 6.07) is 1.36. The minimum absolute atomic E-state index is 0.0497. The topological polar surface area (TPSA) is 82.6 Å². The molecule has 2 aromatic rings. The maximum Gasteiger partial charge on any atom is 0.419 e. The standard InChI is InChI=1S/C23H31F3N6O2S/c1-31-9-4-16(5-10-31)22-30-20(15-35-22)29-19-12-18(17(13-28-19)23(24,25)26)27-6-2-7-32-8-3-11-34-14-21(32)33/h12-13,15-16H,2-11,14H2,1H3,(H2,27,28,29). The Bertz CT molecular complexity index is 994. The molecule has 0 saturated carbocycles. The molecule has 192 valence electrons. The molecular formula is C23H31F3N6O2S. The quantitative estimate of drug-likeness (QED) is 0.514. The van der Waals surface area contributed by atoms with Crippen molar-refractivity contribution in [2.24, 2.45) is 0 Å². The second kappa shape index (κ2) is 11.5. The number of nitrogens with zero attached hydrogens (tertiary/aromatic N) is 4. The van der Waals surface area contributed by atoms with Crippen molar-refractivity contribution in [3.63, 3.8) is 0 Å². The van der Waals surface area contributed by atoms with Crippen LogP contribution in [-0.2, 0) is 15.7 Å². The first-order valence-corrected chi connectivity index (χ1v) is 12.7. The van der Waals surface area contributed by atoms with E-state index in [0.717, 1.165) is 43.6 Å². The molecule has 2 fully saturated rings. The number of anilines is 3. The number of aromatic nitrogens is 2. The van der Waals surface area contributed by atoms with Gasteiger partial charge in [0.1, 0.15) is 18.2 Å². The number of thiazole rings is 1. The van der Waals surface area contributed by atoms with Gasteiger partial charge >= 0.3 is 6.18 Å². The Balaban J connectivity index is 1.38. The SMILES string of the molecule is CN1CCC(c2nc(Nc3cc(NCCCN4CCCOCC4=O)c(C(F)(F)F)cn3)cs2)CC1. The van der Waals surface area contributed by atoms with Crippen LogP contribution in [0.25, 0.3) is 0 Å². The summed E-state index contributed by atoms with van der Waals surface area (Å²) in [6.45, 7) is 4.01. The maximum absolute atomic E-state index is 13.6. The zero-order valence-corrected chi connectivity index (χ0v) is 20.6. The van der Waals surface area contributed by atoms with Crippen LogP contribution in [0.3, 0.4) is 0 Å². The zero-order chi connectivity index (χ0) is 24.8. The van der Waals surface area contributed by atoms with Gasteiger partial charge in [0.15, 0.2) is 0 Å². The molecule has 0 aliphatic carbocycles. The van der Waals surface area contributed by atoms with E-state index in [4.69, 9.17) is 4.74 Å². The number of rotatable bonds is 8. The number of hydrogen-bond donors (Lipinski definition) is 2. The van der Waals surface area contributed by atoms with Crippen molar-refractivity contribution in [3.8, 4) is 0 Å². The third kappa shape index (κ3) is 7.05. The molecule has 0 spiro atoms. The van der Waals surface area contributed by atoms with Gasteiger partial charge in [-0.25, -0.2) is 9.97 Å². The molecule has 0 bridgehead atoms. The molecule has 0 aromatic carbocycles. The lowest BCUT2D eigenvalue weighted by atomic mass is 9.98. The lowest BCUT2D eigenvalue weighted by Crippen LogP contribution is -2.34. The van der Waals surface area contributed by atoms with Crippen molar-refractivity contribution in [2.45, 2.75) is 37.8 Å². The number of amides is 1. The molecule has 2 aliphatic heterocycles. The predicted octanol–water partition coefficient (Wildman–Crippen LogP) is 4.16. The summed E-state index contributed by atoms with van der Waals surface area (Å²) in [4.78, 5) is 24.6. The summed E-state index contributed by atoms with van der Waals surface area (Å²) in [5.41, 5.74) is -0.876. The average molecular weight is 513 g/mol. The van der Waals surface area contributed by atoms with Crippen LogP contribution in [0.5, 0.6) is 0 Å². The van der Waals surface area contributed by atoms with E-state index >= 15 is 0 Å². The number of halogens is 3. The molecule has 35 heavy (non-hydrogen) atoms. The summed E-state index contributed by atoms with van der Waals surface area (Å²) in [6.07, 6.45) is -0.330. The molecule has 2 aromatic heterocycles. The van der Waals surface area contributed by atoms with E-state index < -0.39 is 11.7 Å². The molecule has 12 heteroatoms. The fourth-order valence-electron chi connectivity index (χ4n) is 4.28. The van der Waals surface area contributed by atoms with Crippen LogP contribution in [0.1, 0.15) is 42.2 Å². The van der Waals surface area contributed by atoms with Gasteiger partial charge in [-0.15, -0.1) is 11.3 Å². The van der Waals surface area contributed by atoms with Gasteiger partial charge in [-0.05, 0) is 45.8 Å². The van der Waals surface area contributed by atoms with E-state index in [1.165, 1.54) is 6.07 Å². The summed E-state index contributed by atoms with van der Waals surface area (Å²) in [5, 5.41) is 8.85. The monoisotopic (exact) mass is 512 g/mol. The molecule has 4 rings (SSSR count). The van der Waals surface area contributed by atoms with Crippen molar-refractivity contribution >= 4 is 34.6 Å². The molecule has 0 radical (unpaired) electrons. The molecule has 0 atom stereocenters. The summed E-state index contributed by atoms with van der Waals surface area (Å²) >= 11 is 1.56. The van der Waals surface area contributed by atoms with Gasteiger partial charge in [0.25, 0.3) is 0 Å². The summed E-state index contributed by atoms with van der Waals surface area (Å²) < 4.78 is 45.9. The van der Waals surface area contributed by atoms with Crippen LogP contribution in [0.15, 0.2) is 17.6 Å². The lowest BCUT2D eigenvalue weighted by molar-refractivity contribution is -0.137. The Morgan fingerprint density at radius 2 is 2.03 bits per heavy atom. The minimum atomic E-state index is -4.53.